The highest BCUT2D eigenvalue weighted by Crippen LogP contribution is 2.33. The number of likely N-dealkylation sites (N-methyl/N-ethyl adjacent to an activating group) is 1. The number of rotatable bonds is 11. The maximum atomic E-state index is 13.3. The van der Waals surface area contributed by atoms with Gasteiger partial charge in [-0.25, -0.2) is 4.98 Å². The molecule has 18 heteroatoms. The van der Waals surface area contributed by atoms with Gasteiger partial charge in [-0.05, 0) is 88.4 Å². The summed E-state index contributed by atoms with van der Waals surface area (Å²) in [6, 6.07) is 11.3. The number of carbonyl (C=O) groups is 5. The standard InChI is InChI=1S/C42H46ClN9O8/c1-23(2)51-32-7-4-25(18-24(32)19-34(41(51)58)59-22-36(54)44-3)46-37-31(43)21-45-42(48-37)50-16-12-28(13-17-50)60-27-10-14-49(15-11-27)26-5-6-29-30(20-26)40(57)52(39(29)56)33-8-9-35(53)47-38(33)55/h4-7,18-21,23,27-28,33H,8-17,22H2,1-3H3,(H,44,54)(H,45,46,48)(H,47,53,55). The number of fused-ring (bicyclic) bond motifs is 2. The predicted octanol–water partition coefficient (Wildman–Crippen LogP) is 3.95. The first-order chi connectivity index (χ1) is 28.9. The molecule has 2 aromatic heterocycles. The molecule has 3 saturated heterocycles. The Hall–Kier alpha value is -6.07. The summed E-state index contributed by atoms with van der Waals surface area (Å²) in [6.45, 7) is 6.38. The third-order valence-corrected chi connectivity index (χ3v) is 11.8. The largest absolute Gasteiger partial charge is 0.478 e. The summed E-state index contributed by atoms with van der Waals surface area (Å²) in [5.74, 6) is -1.35. The highest BCUT2D eigenvalue weighted by Gasteiger charge is 2.45. The van der Waals surface area contributed by atoms with Crippen LogP contribution in [0.5, 0.6) is 5.75 Å². The molecule has 4 aliphatic heterocycles. The fraction of sp³-hybridized carbons (Fsp3) is 0.429. The average molecular weight is 840 g/mol. The minimum Gasteiger partial charge on any atom is -0.478 e. The SMILES string of the molecule is CNC(=O)COc1cc2cc(Nc3nc(N4CCC(OC5CCN(c6ccc7c(c6)C(=O)N(C6CCC(=O)NC6=O)C7=O)CC5)CC4)ncc3Cl)ccc2n(C(C)C)c1=O. The molecule has 2 aromatic carbocycles. The van der Waals surface area contributed by atoms with Crippen molar-refractivity contribution in [2.45, 2.75) is 76.7 Å². The number of ether oxygens (including phenoxy) is 2. The van der Waals surface area contributed by atoms with Crippen molar-refractivity contribution in [2.24, 2.45) is 0 Å². The van der Waals surface area contributed by atoms with Gasteiger partial charge < -0.3 is 34.5 Å². The predicted molar refractivity (Wildman–Crippen MR) is 223 cm³/mol. The van der Waals surface area contributed by atoms with Gasteiger partial charge in [-0.15, -0.1) is 0 Å². The number of imide groups is 2. The van der Waals surface area contributed by atoms with Crippen molar-refractivity contribution in [1.82, 2.24) is 30.1 Å². The maximum Gasteiger partial charge on any atom is 0.293 e. The molecule has 0 bridgehead atoms. The van der Waals surface area contributed by atoms with Gasteiger partial charge in [0.15, 0.2) is 18.2 Å². The van der Waals surface area contributed by atoms with Crippen LogP contribution in [0.3, 0.4) is 0 Å². The molecule has 4 aliphatic rings. The Morgan fingerprint density at radius 2 is 1.60 bits per heavy atom. The van der Waals surface area contributed by atoms with Crippen LogP contribution >= 0.6 is 11.6 Å². The van der Waals surface area contributed by atoms with Crippen molar-refractivity contribution in [2.75, 3.05) is 55.0 Å². The first-order valence-electron chi connectivity index (χ1n) is 20.2. The summed E-state index contributed by atoms with van der Waals surface area (Å²) >= 11 is 6.58. The summed E-state index contributed by atoms with van der Waals surface area (Å²) < 4.78 is 13.8. The smallest absolute Gasteiger partial charge is 0.293 e. The molecule has 5 amide bonds. The second-order valence-electron chi connectivity index (χ2n) is 15.7. The first-order valence-corrected chi connectivity index (χ1v) is 20.6. The van der Waals surface area contributed by atoms with Crippen LogP contribution < -0.4 is 36.0 Å². The van der Waals surface area contributed by atoms with Gasteiger partial charge in [0.25, 0.3) is 23.3 Å². The fourth-order valence-corrected chi connectivity index (χ4v) is 8.47. The molecule has 4 aromatic rings. The Morgan fingerprint density at radius 3 is 2.28 bits per heavy atom. The lowest BCUT2D eigenvalue weighted by molar-refractivity contribution is -0.136. The molecule has 3 N–H and O–H groups in total. The normalized spacial score (nSPS) is 18.9. The van der Waals surface area contributed by atoms with Crippen molar-refractivity contribution >= 4 is 75.2 Å². The van der Waals surface area contributed by atoms with E-state index in [4.69, 9.17) is 26.1 Å². The van der Waals surface area contributed by atoms with Crippen LogP contribution in [0.4, 0.5) is 23.1 Å². The molecular weight excluding hydrogens is 794 g/mol. The Balaban J connectivity index is 0.854. The zero-order chi connectivity index (χ0) is 42.2. The molecule has 0 radical (unpaired) electrons. The third-order valence-electron chi connectivity index (χ3n) is 11.5. The minimum absolute atomic E-state index is 0.0733. The lowest BCUT2D eigenvalue weighted by Crippen LogP contribution is -2.54. The second-order valence-corrected chi connectivity index (χ2v) is 16.1. The van der Waals surface area contributed by atoms with E-state index in [1.165, 1.54) is 7.05 Å². The van der Waals surface area contributed by atoms with Crippen LogP contribution in [0.1, 0.15) is 79.1 Å². The van der Waals surface area contributed by atoms with Gasteiger partial charge in [-0.2, -0.15) is 4.98 Å². The van der Waals surface area contributed by atoms with Gasteiger partial charge in [0.05, 0.1) is 35.0 Å². The lowest BCUT2D eigenvalue weighted by atomic mass is 10.0. The van der Waals surface area contributed by atoms with Gasteiger partial charge in [0.1, 0.15) is 11.1 Å². The van der Waals surface area contributed by atoms with Crippen molar-refractivity contribution in [3.05, 3.63) is 75.2 Å². The summed E-state index contributed by atoms with van der Waals surface area (Å²) in [6.07, 6.45) is 5.13. The van der Waals surface area contributed by atoms with E-state index >= 15 is 0 Å². The quantitative estimate of drug-likeness (QED) is 0.184. The van der Waals surface area contributed by atoms with E-state index in [1.807, 2.05) is 38.1 Å². The van der Waals surface area contributed by atoms with Crippen LogP contribution in [-0.4, -0.2) is 107 Å². The number of pyridine rings is 1. The Kier molecular flexibility index (Phi) is 11.5. The summed E-state index contributed by atoms with van der Waals surface area (Å²) in [7, 11) is 1.50. The number of amides is 5. The molecule has 3 fully saturated rings. The Morgan fingerprint density at radius 1 is 0.900 bits per heavy atom. The summed E-state index contributed by atoms with van der Waals surface area (Å²) in [4.78, 5) is 90.2. The van der Waals surface area contributed by atoms with Crippen molar-refractivity contribution in [3.63, 3.8) is 0 Å². The van der Waals surface area contributed by atoms with Gasteiger partial charge >= 0.3 is 0 Å². The molecular formula is C42H46ClN9O8. The van der Waals surface area contributed by atoms with Crippen LogP contribution in [0.15, 0.2) is 53.5 Å². The average Bonchev–Trinajstić information content (AvgIpc) is 3.48. The van der Waals surface area contributed by atoms with Crippen LogP contribution in [0.25, 0.3) is 10.9 Å². The number of benzene rings is 2. The lowest BCUT2D eigenvalue weighted by Gasteiger charge is -2.38. The number of halogens is 1. The number of nitrogens with one attached hydrogen (secondary N) is 3. The molecule has 8 rings (SSSR count). The number of aromatic nitrogens is 3. The zero-order valence-electron chi connectivity index (χ0n) is 33.5. The number of carbonyl (C=O) groups excluding carboxylic acids is 5. The minimum atomic E-state index is -0.997. The molecule has 17 nitrogen and oxygen atoms in total. The first kappa shape index (κ1) is 40.7. The summed E-state index contributed by atoms with van der Waals surface area (Å²) in [5.41, 5.74) is 2.46. The Bertz CT molecular complexity index is 2440. The van der Waals surface area contributed by atoms with E-state index in [2.05, 4.69) is 30.7 Å². The van der Waals surface area contributed by atoms with E-state index in [1.54, 1.807) is 29.0 Å². The number of nitrogens with zero attached hydrogens (tertiary/aromatic N) is 6. The molecule has 0 saturated carbocycles. The molecule has 0 spiro atoms. The zero-order valence-corrected chi connectivity index (χ0v) is 34.3. The molecule has 0 aliphatic carbocycles. The van der Waals surface area contributed by atoms with E-state index < -0.39 is 29.7 Å². The highest BCUT2D eigenvalue weighted by atomic mass is 35.5. The fourth-order valence-electron chi connectivity index (χ4n) is 8.33. The van der Waals surface area contributed by atoms with E-state index in [0.29, 0.717) is 35.6 Å². The molecule has 1 atom stereocenters. The highest BCUT2D eigenvalue weighted by molar-refractivity contribution is 6.33. The monoisotopic (exact) mass is 839 g/mol. The number of anilines is 4. The number of hydrogen-bond acceptors (Lipinski definition) is 13. The molecule has 6 heterocycles. The van der Waals surface area contributed by atoms with Gasteiger partial charge in [0.2, 0.25) is 17.8 Å². The maximum absolute atomic E-state index is 13.3. The van der Waals surface area contributed by atoms with Crippen LogP contribution in [0.2, 0.25) is 5.02 Å². The topological polar surface area (TPSA) is 197 Å². The van der Waals surface area contributed by atoms with E-state index in [9.17, 15) is 28.8 Å². The number of hydrogen-bond donors (Lipinski definition) is 3. The molecule has 1 unspecified atom stereocenters. The van der Waals surface area contributed by atoms with E-state index in [-0.39, 0.29) is 66.0 Å². The third kappa shape index (κ3) is 8.10. The van der Waals surface area contributed by atoms with E-state index in [0.717, 1.165) is 60.3 Å². The second kappa shape index (κ2) is 16.9. The van der Waals surface area contributed by atoms with Crippen molar-refractivity contribution < 1.29 is 33.4 Å². The molecule has 60 heavy (non-hydrogen) atoms. The Labute approximate surface area is 350 Å². The van der Waals surface area contributed by atoms with Crippen LogP contribution in [0, 0.1) is 0 Å². The van der Waals surface area contributed by atoms with Gasteiger partial charge in [-0.3, -0.25) is 39.0 Å². The number of piperidine rings is 3. The van der Waals surface area contributed by atoms with Crippen molar-refractivity contribution in [1.29, 1.82) is 0 Å². The van der Waals surface area contributed by atoms with Crippen molar-refractivity contribution in [3.8, 4) is 5.75 Å². The van der Waals surface area contributed by atoms with Crippen LogP contribution in [-0.2, 0) is 19.1 Å². The summed E-state index contributed by atoms with van der Waals surface area (Å²) in [5, 5.41) is 9.11. The molecule has 314 valence electrons. The van der Waals surface area contributed by atoms with Gasteiger partial charge in [0, 0.05) is 62.5 Å². The van der Waals surface area contributed by atoms with Gasteiger partial charge in [-0.1, -0.05) is 11.6 Å².